The molecule has 0 radical (unpaired) electrons. The van der Waals surface area contributed by atoms with Gasteiger partial charge >= 0.3 is 0 Å². The second kappa shape index (κ2) is 15.0. The Morgan fingerprint density at radius 1 is 0.273 bits per heavy atom. The number of rotatable bonds is 0. The molecular formula is C26H46O7. The molecule has 4 fully saturated rings. The van der Waals surface area contributed by atoms with Crippen LogP contribution in [0.4, 0.5) is 0 Å². The van der Waals surface area contributed by atoms with Gasteiger partial charge in [0.1, 0.15) is 0 Å². The van der Waals surface area contributed by atoms with Crippen LogP contribution in [0.25, 0.3) is 0 Å². The van der Waals surface area contributed by atoms with E-state index in [1.807, 2.05) is 0 Å². The van der Waals surface area contributed by atoms with Crippen LogP contribution in [0.15, 0.2) is 0 Å². The van der Waals surface area contributed by atoms with Crippen LogP contribution in [0.1, 0.15) is 77.0 Å². The predicted octanol–water partition coefficient (Wildman–Crippen LogP) is 4.05. The summed E-state index contributed by atoms with van der Waals surface area (Å²) in [5.41, 5.74) is 0. The van der Waals surface area contributed by atoms with Crippen LogP contribution in [-0.2, 0) is 33.2 Å². The highest BCUT2D eigenvalue weighted by Crippen LogP contribution is 2.27. The summed E-state index contributed by atoms with van der Waals surface area (Å²) in [6.45, 7) is 4.89. The van der Waals surface area contributed by atoms with Crippen molar-refractivity contribution in [1.82, 2.24) is 0 Å². The van der Waals surface area contributed by atoms with Crippen molar-refractivity contribution >= 4 is 0 Å². The summed E-state index contributed by atoms with van der Waals surface area (Å²) >= 11 is 0. The Labute approximate surface area is 200 Å². The Morgan fingerprint density at radius 3 is 0.727 bits per heavy atom. The summed E-state index contributed by atoms with van der Waals surface area (Å²) in [5, 5.41) is 0. The SMILES string of the molecule is C1CCC2OCCOC3CCCCC3OCCOC3CCCCC3OCCOCCOC2C1. The molecule has 7 nitrogen and oxygen atoms in total. The standard InChI is InChI=1S/C26H46O7/c1-3-9-23-21(7-1)28-15-13-27-14-16-29-22-8-2-4-10-24(22)31-18-20-33-26-12-6-5-11-25(26)32-19-17-30-23/h21-26H,1-20H2. The molecule has 1 heterocycles. The van der Waals surface area contributed by atoms with Gasteiger partial charge in [0.15, 0.2) is 0 Å². The van der Waals surface area contributed by atoms with E-state index in [2.05, 4.69) is 0 Å². The molecule has 33 heavy (non-hydrogen) atoms. The van der Waals surface area contributed by atoms with Gasteiger partial charge in [0.05, 0.1) is 89.5 Å². The Hall–Kier alpha value is -0.280. The number of hydrogen-bond donors (Lipinski definition) is 0. The van der Waals surface area contributed by atoms with Crippen LogP contribution < -0.4 is 0 Å². The lowest BCUT2D eigenvalue weighted by Crippen LogP contribution is -2.39. The largest absolute Gasteiger partial charge is 0.377 e. The van der Waals surface area contributed by atoms with E-state index in [0.717, 1.165) is 38.5 Å². The van der Waals surface area contributed by atoms with Crippen molar-refractivity contribution < 1.29 is 33.2 Å². The maximum atomic E-state index is 6.24. The highest BCUT2D eigenvalue weighted by atomic mass is 16.6. The third-order valence-corrected chi connectivity index (χ3v) is 7.54. The van der Waals surface area contributed by atoms with Gasteiger partial charge in [0.25, 0.3) is 0 Å². The molecule has 6 unspecified atom stereocenters. The Balaban J connectivity index is 1.29. The van der Waals surface area contributed by atoms with Gasteiger partial charge in [-0.1, -0.05) is 38.5 Å². The first kappa shape index (κ1) is 25.8. The van der Waals surface area contributed by atoms with Crippen molar-refractivity contribution in [3.63, 3.8) is 0 Å². The molecule has 3 aliphatic carbocycles. The quantitative estimate of drug-likeness (QED) is 0.529. The summed E-state index contributed by atoms with van der Waals surface area (Å²) < 4.78 is 43.0. The van der Waals surface area contributed by atoms with E-state index in [-0.39, 0.29) is 36.6 Å². The highest BCUT2D eigenvalue weighted by Gasteiger charge is 2.30. The monoisotopic (exact) mass is 470 g/mol. The van der Waals surface area contributed by atoms with E-state index in [9.17, 15) is 0 Å². The zero-order valence-corrected chi connectivity index (χ0v) is 20.5. The molecule has 0 N–H and O–H groups in total. The molecule has 3 saturated carbocycles. The Kier molecular flexibility index (Phi) is 11.7. The van der Waals surface area contributed by atoms with Crippen molar-refractivity contribution in [2.45, 2.75) is 114 Å². The Bertz CT molecular complexity index is 475. The van der Waals surface area contributed by atoms with E-state index in [1.165, 1.54) is 38.5 Å². The molecular weight excluding hydrogens is 424 g/mol. The van der Waals surface area contributed by atoms with Gasteiger partial charge in [-0.25, -0.2) is 0 Å². The van der Waals surface area contributed by atoms with E-state index in [4.69, 9.17) is 33.2 Å². The van der Waals surface area contributed by atoms with E-state index in [0.29, 0.717) is 52.9 Å². The van der Waals surface area contributed by atoms with Crippen LogP contribution in [0.5, 0.6) is 0 Å². The lowest BCUT2D eigenvalue weighted by molar-refractivity contribution is -0.138. The zero-order chi connectivity index (χ0) is 22.6. The second-order valence-corrected chi connectivity index (χ2v) is 9.92. The minimum absolute atomic E-state index is 0.165. The first-order valence-corrected chi connectivity index (χ1v) is 13.7. The van der Waals surface area contributed by atoms with Gasteiger partial charge in [0, 0.05) is 0 Å². The molecule has 0 aromatic rings. The molecule has 1 aliphatic heterocycles. The highest BCUT2D eigenvalue weighted by molar-refractivity contribution is 4.79. The van der Waals surface area contributed by atoms with Crippen LogP contribution in [0.3, 0.4) is 0 Å². The number of hydrogen-bond acceptors (Lipinski definition) is 7. The molecule has 1 saturated heterocycles. The second-order valence-electron chi connectivity index (χ2n) is 9.92. The molecule has 4 rings (SSSR count). The van der Waals surface area contributed by atoms with Crippen LogP contribution in [-0.4, -0.2) is 89.5 Å². The lowest BCUT2D eigenvalue weighted by Gasteiger charge is -2.33. The summed E-state index contributed by atoms with van der Waals surface area (Å²) in [7, 11) is 0. The third-order valence-electron chi connectivity index (χ3n) is 7.54. The maximum Gasteiger partial charge on any atom is 0.0837 e. The molecule has 7 heteroatoms. The fourth-order valence-electron chi connectivity index (χ4n) is 5.75. The fraction of sp³-hybridized carbons (Fsp3) is 1.00. The molecule has 192 valence electrons. The lowest BCUT2D eigenvalue weighted by atomic mass is 9.94. The average Bonchev–Trinajstić information content (AvgIpc) is 2.85. The number of fused-ring (bicyclic) bond motifs is 3. The normalized spacial score (nSPS) is 39.3. The molecule has 6 atom stereocenters. The van der Waals surface area contributed by atoms with Crippen molar-refractivity contribution in [3.05, 3.63) is 0 Å². The third kappa shape index (κ3) is 8.71. The van der Waals surface area contributed by atoms with E-state index in [1.54, 1.807) is 0 Å². The molecule has 0 aromatic heterocycles. The van der Waals surface area contributed by atoms with Crippen LogP contribution in [0, 0.1) is 0 Å². The molecule has 4 aliphatic rings. The minimum atomic E-state index is 0.165. The van der Waals surface area contributed by atoms with Gasteiger partial charge in [-0.3, -0.25) is 0 Å². The van der Waals surface area contributed by atoms with Gasteiger partial charge in [-0.05, 0) is 38.5 Å². The van der Waals surface area contributed by atoms with Crippen molar-refractivity contribution in [2.75, 3.05) is 52.9 Å². The molecule has 0 aromatic carbocycles. The molecule has 0 amide bonds. The molecule has 0 bridgehead atoms. The van der Waals surface area contributed by atoms with Gasteiger partial charge < -0.3 is 33.2 Å². The fourth-order valence-corrected chi connectivity index (χ4v) is 5.75. The van der Waals surface area contributed by atoms with E-state index >= 15 is 0 Å². The number of ether oxygens (including phenoxy) is 7. The summed E-state index contributed by atoms with van der Waals surface area (Å²) in [6.07, 6.45) is 14.7. The first-order valence-electron chi connectivity index (χ1n) is 13.7. The van der Waals surface area contributed by atoms with Crippen LogP contribution in [0.2, 0.25) is 0 Å². The van der Waals surface area contributed by atoms with Crippen LogP contribution >= 0.6 is 0 Å². The predicted molar refractivity (Wildman–Crippen MR) is 125 cm³/mol. The Morgan fingerprint density at radius 2 is 0.485 bits per heavy atom. The van der Waals surface area contributed by atoms with Crippen molar-refractivity contribution in [3.8, 4) is 0 Å². The zero-order valence-electron chi connectivity index (χ0n) is 20.5. The van der Waals surface area contributed by atoms with Crippen molar-refractivity contribution in [1.29, 1.82) is 0 Å². The van der Waals surface area contributed by atoms with Gasteiger partial charge in [-0.2, -0.15) is 0 Å². The first-order chi connectivity index (χ1) is 16.4. The smallest absolute Gasteiger partial charge is 0.0837 e. The van der Waals surface area contributed by atoms with Gasteiger partial charge in [-0.15, -0.1) is 0 Å². The summed E-state index contributed by atoms with van der Waals surface area (Å²) in [6, 6.07) is 0. The average molecular weight is 471 g/mol. The minimum Gasteiger partial charge on any atom is -0.377 e. The summed E-state index contributed by atoms with van der Waals surface area (Å²) in [4.78, 5) is 0. The van der Waals surface area contributed by atoms with Gasteiger partial charge in [0.2, 0.25) is 0 Å². The van der Waals surface area contributed by atoms with E-state index < -0.39 is 0 Å². The summed E-state index contributed by atoms with van der Waals surface area (Å²) in [5.74, 6) is 0. The molecule has 0 spiro atoms. The van der Waals surface area contributed by atoms with Crippen molar-refractivity contribution in [2.24, 2.45) is 0 Å². The topological polar surface area (TPSA) is 64.6 Å². The maximum absolute atomic E-state index is 6.24.